The number of carboxylic acid groups (broad SMARTS) is 1. The SMILES string of the molecule is CCC(C)Nc1ncc(COc2ccc3c(c2)CCC(CN2CCC(C(=O)O)CC2)=C3Cl)cc1C(=[NH2+])Cl. The molecular weight excluding hydrogens is 511 g/mol. The van der Waals surface area contributed by atoms with Gasteiger partial charge in [-0.15, -0.1) is 0 Å². The van der Waals surface area contributed by atoms with Crippen molar-refractivity contribution in [2.24, 2.45) is 5.92 Å². The Balaban J connectivity index is 1.40. The fourth-order valence-corrected chi connectivity index (χ4v) is 5.29. The number of likely N-dealkylation sites (tertiary alicyclic amines) is 1. The molecule has 198 valence electrons. The molecule has 9 heteroatoms. The average molecular weight is 547 g/mol. The Bertz CT molecular complexity index is 1190. The molecule has 1 aromatic carbocycles. The summed E-state index contributed by atoms with van der Waals surface area (Å²) in [7, 11) is 0. The van der Waals surface area contributed by atoms with Gasteiger partial charge in [0.05, 0.1) is 5.92 Å². The highest BCUT2D eigenvalue weighted by molar-refractivity contribution is 6.68. The van der Waals surface area contributed by atoms with Crippen LogP contribution in [0.3, 0.4) is 0 Å². The molecule has 0 spiro atoms. The predicted molar refractivity (Wildman–Crippen MR) is 148 cm³/mol. The molecule has 4 N–H and O–H groups in total. The zero-order valence-corrected chi connectivity index (χ0v) is 22.9. The first-order valence-electron chi connectivity index (χ1n) is 12.9. The summed E-state index contributed by atoms with van der Waals surface area (Å²) in [6.07, 6.45) is 5.90. The van der Waals surface area contributed by atoms with Gasteiger partial charge in [-0.25, -0.2) is 10.4 Å². The predicted octanol–water partition coefficient (Wildman–Crippen LogP) is 4.31. The first kappa shape index (κ1) is 27.4. The summed E-state index contributed by atoms with van der Waals surface area (Å²) >= 11 is 13.0. The lowest BCUT2D eigenvalue weighted by atomic mass is 9.90. The second kappa shape index (κ2) is 12.3. The van der Waals surface area contributed by atoms with E-state index in [1.165, 1.54) is 11.1 Å². The summed E-state index contributed by atoms with van der Waals surface area (Å²) in [6, 6.07) is 8.19. The van der Waals surface area contributed by atoms with Gasteiger partial charge in [-0.3, -0.25) is 9.69 Å². The minimum atomic E-state index is -0.685. The van der Waals surface area contributed by atoms with Crippen molar-refractivity contribution < 1.29 is 20.0 Å². The number of aryl methyl sites for hydroxylation is 1. The minimum Gasteiger partial charge on any atom is -0.489 e. The lowest BCUT2D eigenvalue weighted by Crippen LogP contribution is -2.37. The molecule has 0 amide bonds. The summed E-state index contributed by atoms with van der Waals surface area (Å²) in [4.78, 5) is 18.1. The van der Waals surface area contributed by atoms with E-state index in [-0.39, 0.29) is 17.1 Å². The first-order chi connectivity index (χ1) is 17.7. The number of halogens is 2. The number of rotatable bonds is 10. The second-order valence-electron chi connectivity index (χ2n) is 9.96. The molecule has 1 atom stereocenters. The molecule has 0 bridgehead atoms. The molecule has 4 rings (SSSR count). The Morgan fingerprint density at radius 3 is 2.73 bits per heavy atom. The number of carboxylic acids is 1. The maximum absolute atomic E-state index is 11.2. The normalized spacial score (nSPS) is 17.3. The molecule has 37 heavy (non-hydrogen) atoms. The number of piperidine rings is 1. The van der Waals surface area contributed by atoms with Crippen LogP contribution in [0.2, 0.25) is 0 Å². The number of hydrogen-bond donors (Lipinski definition) is 3. The van der Waals surface area contributed by atoms with E-state index < -0.39 is 5.97 Å². The number of anilines is 1. The summed E-state index contributed by atoms with van der Waals surface area (Å²) in [5, 5.41) is 19.5. The van der Waals surface area contributed by atoms with Crippen LogP contribution in [0, 0.1) is 5.92 Å². The lowest BCUT2D eigenvalue weighted by molar-refractivity contribution is -0.143. The van der Waals surface area contributed by atoms with Crippen LogP contribution in [0.25, 0.3) is 5.03 Å². The molecular formula is C28H35Cl2N4O3+. The standard InChI is InChI=1S/C28H34Cl2N4O3/c1-3-17(2)33-27-24(26(30)31)12-18(14-32-27)16-37-22-6-7-23-20(13-22)4-5-21(25(23)29)15-34-10-8-19(9-11-34)28(35)36/h6-7,12-14,17,19,31H,3-5,8-11,15-16H2,1-2H3,(H,32,33)(H,35,36)/p+1. The Hall–Kier alpha value is -2.61. The number of nitrogens with one attached hydrogen (secondary N) is 1. The van der Waals surface area contributed by atoms with Gasteiger partial charge >= 0.3 is 5.97 Å². The van der Waals surface area contributed by atoms with Crippen LogP contribution in [-0.2, 0) is 17.8 Å². The second-order valence-corrected chi connectivity index (χ2v) is 10.7. The fourth-order valence-electron chi connectivity index (χ4n) is 4.81. The number of hydrogen-bond acceptors (Lipinski definition) is 5. The summed E-state index contributed by atoms with van der Waals surface area (Å²) in [5.74, 6) is 0.533. The summed E-state index contributed by atoms with van der Waals surface area (Å²) in [6.45, 7) is 6.90. The molecule has 1 aromatic heterocycles. The number of aromatic nitrogens is 1. The maximum atomic E-state index is 11.2. The average Bonchev–Trinajstić information content (AvgIpc) is 2.89. The van der Waals surface area contributed by atoms with Gasteiger partial charge in [0.1, 0.15) is 23.7 Å². The van der Waals surface area contributed by atoms with Crippen molar-refractivity contribution in [3.05, 3.63) is 58.3 Å². The number of nitrogens with zero attached hydrogens (tertiary/aromatic N) is 2. The smallest absolute Gasteiger partial charge is 0.306 e. The van der Waals surface area contributed by atoms with E-state index in [9.17, 15) is 9.90 Å². The molecule has 1 fully saturated rings. The van der Waals surface area contributed by atoms with E-state index in [0.29, 0.717) is 30.8 Å². The molecule has 7 nitrogen and oxygen atoms in total. The molecule has 1 saturated heterocycles. The highest BCUT2D eigenvalue weighted by atomic mass is 35.5. The number of carbonyl (C=O) groups is 1. The molecule has 0 radical (unpaired) electrons. The molecule has 2 aliphatic rings. The molecule has 1 aliphatic carbocycles. The zero-order valence-electron chi connectivity index (χ0n) is 21.4. The van der Waals surface area contributed by atoms with Crippen LogP contribution in [-0.4, -0.2) is 51.8 Å². The van der Waals surface area contributed by atoms with Crippen molar-refractivity contribution in [1.29, 1.82) is 0 Å². The van der Waals surface area contributed by atoms with Gasteiger partial charge in [-0.05, 0) is 105 Å². The third-order valence-electron chi connectivity index (χ3n) is 7.27. The Labute approximate surface area is 228 Å². The Kier molecular flexibility index (Phi) is 9.11. The molecule has 1 unspecified atom stereocenters. The van der Waals surface area contributed by atoms with Crippen LogP contribution in [0.5, 0.6) is 5.75 Å². The van der Waals surface area contributed by atoms with Gasteiger partial charge < -0.3 is 15.2 Å². The monoisotopic (exact) mass is 545 g/mol. The van der Waals surface area contributed by atoms with Crippen LogP contribution >= 0.6 is 23.2 Å². The zero-order chi connectivity index (χ0) is 26.5. The third-order valence-corrected chi connectivity index (χ3v) is 7.95. The summed E-state index contributed by atoms with van der Waals surface area (Å²) in [5.41, 5.74) is 4.98. The van der Waals surface area contributed by atoms with Gasteiger partial charge in [0, 0.05) is 29.4 Å². The molecule has 2 aromatic rings. The van der Waals surface area contributed by atoms with E-state index >= 15 is 0 Å². The quantitative estimate of drug-likeness (QED) is 0.384. The largest absolute Gasteiger partial charge is 0.489 e. The van der Waals surface area contributed by atoms with E-state index in [0.717, 1.165) is 60.8 Å². The maximum Gasteiger partial charge on any atom is 0.306 e. The molecule has 2 heterocycles. The van der Waals surface area contributed by atoms with Gasteiger partial charge in [0.2, 0.25) is 0 Å². The highest BCUT2D eigenvalue weighted by Gasteiger charge is 2.26. The van der Waals surface area contributed by atoms with Crippen molar-refractivity contribution in [1.82, 2.24) is 9.88 Å². The van der Waals surface area contributed by atoms with Crippen molar-refractivity contribution in [2.75, 3.05) is 25.0 Å². The van der Waals surface area contributed by atoms with Crippen LogP contribution in [0.15, 0.2) is 36.0 Å². The van der Waals surface area contributed by atoms with Crippen molar-refractivity contribution in [3.8, 4) is 5.75 Å². The third kappa shape index (κ3) is 6.83. The molecule has 0 saturated carbocycles. The topological polar surface area (TPSA) is 100 Å². The van der Waals surface area contributed by atoms with Crippen molar-refractivity contribution >= 4 is 45.2 Å². The number of nitrogens with two attached hydrogens (primary N) is 1. The van der Waals surface area contributed by atoms with Crippen LogP contribution < -0.4 is 15.5 Å². The number of benzene rings is 1. The van der Waals surface area contributed by atoms with Gasteiger partial charge in [-0.1, -0.05) is 18.5 Å². The van der Waals surface area contributed by atoms with E-state index in [2.05, 4.69) is 35.1 Å². The van der Waals surface area contributed by atoms with Crippen molar-refractivity contribution in [3.63, 3.8) is 0 Å². The van der Waals surface area contributed by atoms with Gasteiger partial charge in [0.15, 0.2) is 0 Å². The number of fused-ring (bicyclic) bond motifs is 1. The number of ether oxygens (including phenoxy) is 1. The van der Waals surface area contributed by atoms with Gasteiger partial charge in [-0.2, -0.15) is 0 Å². The first-order valence-corrected chi connectivity index (χ1v) is 13.6. The number of aliphatic carboxylic acids is 1. The minimum absolute atomic E-state index is 0.192. The molecule has 1 aliphatic heterocycles. The van der Waals surface area contributed by atoms with E-state index in [1.807, 2.05) is 18.2 Å². The van der Waals surface area contributed by atoms with Crippen LogP contribution in [0.4, 0.5) is 5.82 Å². The summed E-state index contributed by atoms with van der Waals surface area (Å²) < 4.78 is 6.08. The van der Waals surface area contributed by atoms with E-state index in [4.69, 9.17) is 33.3 Å². The number of pyridine rings is 1. The van der Waals surface area contributed by atoms with Gasteiger partial charge in [0.25, 0.3) is 5.17 Å². The Morgan fingerprint density at radius 2 is 2.05 bits per heavy atom. The van der Waals surface area contributed by atoms with Crippen LogP contribution in [0.1, 0.15) is 61.8 Å². The highest BCUT2D eigenvalue weighted by Crippen LogP contribution is 2.37. The fraction of sp³-hybridized carbons (Fsp3) is 0.464. The lowest BCUT2D eigenvalue weighted by Gasteiger charge is -2.32. The Morgan fingerprint density at radius 1 is 1.30 bits per heavy atom. The van der Waals surface area contributed by atoms with Crippen molar-refractivity contribution in [2.45, 2.75) is 58.6 Å². The van der Waals surface area contributed by atoms with E-state index in [1.54, 1.807) is 6.20 Å².